The molecule has 0 aromatic heterocycles. The van der Waals surface area contributed by atoms with E-state index in [1.54, 1.807) is 42.5 Å². The number of nitro benzene ring substituents is 1. The fraction of sp³-hybridized carbons (Fsp3) is 0.0270. The topological polar surface area (TPSA) is 264 Å². The fourth-order valence-electron chi connectivity index (χ4n) is 6.03. The summed E-state index contributed by atoms with van der Waals surface area (Å²) in [6.07, 6.45) is 0.834. The second-order valence-corrected chi connectivity index (χ2v) is 15.4. The first-order chi connectivity index (χ1) is 26.7. The maximum Gasteiger partial charge on any atom is 1.00 e. The molecule has 0 amide bonds. The van der Waals surface area contributed by atoms with Gasteiger partial charge in [-0.3, -0.25) is 35.1 Å². The van der Waals surface area contributed by atoms with Crippen molar-refractivity contribution in [1.29, 1.82) is 0 Å². The van der Waals surface area contributed by atoms with Crippen LogP contribution < -0.4 is 70.0 Å². The molecule has 0 saturated heterocycles. The first kappa shape index (κ1) is 47.0. The van der Waals surface area contributed by atoms with E-state index < -0.39 is 53.0 Å². The van der Waals surface area contributed by atoms with Gasteiger partial charge in [0.2, 0.25) is 21.4 Å². The minimum absolute atomic E-state index is 0. The number of ketones is 2. The summed E-state index contributed by atoms with van der Waals surface area (Å²) in [6, 6.07) is 26.4. The van der Waals surface area contributed by atoms with Crippen molar-refractivity contribution < 1.29 is 127 Å². The third-order valence-electron chi connectivity index (χ3n) is 8.61. The van der Waals surface area contributed by atoms with Crippen LogP contribution in [0, 0.1) is 10.1 Å². The Morgan fingerprint density at radius 1 is 0.763 bits per heavy atom. The zero-order valence-corrected chi connectivity index (χ0v) is 37.6. The van der Waals surface area contributed by atoms with Gasteiger partial charge in [0.05, 0.1) is 16.7 Å². The molecule has 0 unspecified atom stereocenters. The van der Waals surface area contributed by atoms with Crippen molar-refractivity contribution in [2.75, 3.05) is 16.8 Å². The van der Waals surface area contributed by atoms with Crippen LogP contribution in [-0.2, 0) is 46.8 Å². The molecule has 0 fully saturated rings. The van der Waals surface area contributed by atoms with E-state index in [1.165, 1.54) is 30.3 Å². The van der Waals surface area contributed by atoms with Crippen molar-refractivity contribution in [3.63, 3.8) is 0 Å². The van der Waals surface area contributed by atoms with E-state index >= 15 is 0 Å². The molecule has 1 aliphatic heterocycles. The summed E-state index contributed by atoms with van der Waals surface area (Å²) >= 11 is 0. The molecule has 0 atom stereocenters. The number of benzene rings is 5. The van der Waals surface area contributed by atoms with Crippen LogP contribution in [0.3, 0.4) is 0 Å². The van der Waals surface area contributed by atoms with Gasteiger partial charge in [-0.2, -0.15) is 18.6 Å². The number of hydrogen-bond acceptors (Lipinski definition) is 15. The van der Waals surface area contributed by atoms with Crippen LogP contribution in [-0.4, -0.2) is 65.5 Å². The molecule has 2 aliphatic carbocycles. The predicted octanol–water partition coefficient (Wildman–Crippen LogP) is -0.786. The third kappa shape index (κ3) is 9.38. The van der Waals surface area contributed by atoms with Gasteiger partial charge in [-0.15, -0.1) is 0 Å². The average molecular weight is 894 g/mol. The number of carbonyl (C=O) groups is 2. The Kier molecular flexibility index (Phi) is 14.9. The van der Waals surface area contributed by atoms with Gasteiger partial charge in [-0.05, 0) is 17.5 Å². The van der Waals surface area contributed by atoms with Crippen LogP contribution in [0.15, 0.2) is 124 Å². The summed E-state index contributed by atoms with van der Waals surface area (Å²) in [5, 5.41) is 40.4. The number of phenolic OH excluding ortho intramolecular Hbond substituents is 2. The van der Waals surface area contributed by atoms with Crippen LogP contribution in [0.1, 0.15) is 27.0 Å². The van der Waals surface area contributed by atoms with Gasteiger partial charge in [0.1, 0.15) is 38.5 Å². The van der Waals surface area contributed by atoms with Crippen LogP contribution in [0.2, 0.25) is 0 Å². The van der Waals surface area contributed by atoms with Crippen molar-refractivity contribution in [2.24, 2.45) is 10.2 Å². The van der Waals surface area contributed by atoms with Gasteiger partial charge >= 0.3 is 59.1 Å². The maximum atomic E-state index is 12.8. The van der Waals surface area contributed by atoms with Gasteiger partial charge in [0, 0.05) is 57.1 Å². The van der Waals surface area contributed by atoms with Crippen molar-refractivity contribution >= 4 is 81.4 Å². The first-order valence-corrected chi connectivity index (χ1v) is 19.2. The number of non-ortho nitro benzene ring substituents is 1. The molecule has 0 spiro atoms. The van der Waals surface area contributed by atoms with Crippen molar-refractivity contribution in [3.05, 3.63) is 146 Å². The maximum absolute atomic E-state index is 12.8. The van der Waals surface area contributed by atoms with Crippen LogP contribution >= 0.6 is 0 Å². The Hall–Kier alpha value is -4.69. The number of hydrogen-bond donors (Lipinski definition) is 5. The molecular weight excluding hydrogens is 869 g/mol. The SMILES string of the molecule is O=C1C(=NNc2ccc([N+](=O)[O-])cc2O)C2=C(OCS2(=O)=O)c2ccccc21.O=C1C=C(S(=O)(=O)O)c2ccccc2C1=NNc1c(O)ccc2ccccc12.[Cr].[Na+].[Na+]. The number of fused-ring (bicyclic) bond motifs is 4. The molecule has 8 rings (SSSR count). The molecule has 5 aromatic carbocycles. The fourth-order valence-corrected chi connectivity index (χ4v) is 8.02. The monoisotopic (exact) mass is 893 g/mol. The van der Waals surface area contributed by atoms with Gasteiger partial charge < -0.3 is 14.9 Å². The molecule has 3 aliphatic rings. The van der Waals surface area contributed by atoms with Crippen molar-refractivity contribution in [3.8, 4) is 11.5 Å². The molecule has 1 heterocycles. The number of nitro groups is 1. The number of hydrazone groups is 2. The number of allylic oxidation sites excluding steroid dienone is 2. The number of sulfone groups is 1. The second kappa shape index (κ2) is 18.7. The number of rotatable bonds is 6. The normalized spacial score (nSPS) is 16.1. The predicted molar refractivity (Wildman–Crippen MR) is 205 cm³/mol. The zero-order valence-electron chi connectivity index (χ0n) is 30.7. The minimum Gasteiger partial charge on any atom is -0.506 e. The standard InChI is InChI=1S/C20H14N2O5S.C17H11N3O7S.Cr.2Na/c23-16-10-9-12-5-1-2-6-13(12)19(16)21-22-20-15-8-4-3-7-14(15)18(11-17(20)24)28(25,26)27;21-13-7-9(20(23)24)5-6-12(13)18-19-14-15(22)10-3-1-2-4-11(10)16-17(14)28(25,26)8-27-16;;;/h1-11,21,23H,(H,25,26,27);1-7,18,21H,8H2;;;/q;;;2*+1. The Morgan fingerprint density at radius 2 is 1.37 bits per heavy atom. The first-order valence-electron chi connectivity index (χ1n) is 16.1. The summed E-state index contributed by atoms with van der Waals surface area (Å²) < 4.78 is 62.7. The minimum atomic E-state index is -4.57. The number of phenols is 2. The van der Waals surface area contributed by atoms with Crippen LogP contribution in [0.4, 0.5) is 17.1 Å². The molecule has 0 saturated carbocycles. The summed E-state index contributed by atoms with van der Waals surface area (Å²) in [6.45, 7) is 0. The second-order valence-electron chi connectivity index (χ2n) is 12.1. The van der Waals surface area contributed by atoms with Gasteiger partial charge in [0.15, 0.2) is 11.7 Å². The van der Waals surface area contributed by atoms with Crippen LogP contribution in [0.5, 0.6) is 11.5 Å². The van der Waals surface area contributed by atoms with Gasteiger partial charge in [-0.25, -0.2) is 8.42 Å². The molecule has 22 heteroatoms. The Bertz CT molecular complexity index is 2920. The molecule has 0 bridgehead atoms. The smallest absolute Gasteiger partial charge is 0.506 e. The largest absolute Gasteiger partial charge is 1.00 e. The summed E-state index contributed by atoms with van der Waals surface area (Å²) in [5.74, 6) is -2.41. The molecule has 17 nitrogen and oxygen atoms in total. The number of anilines is 2. The Labute approximate surface area is 390 Å². The third-order valence-corrected chi connectivity index (χ3v) is 10.9. The molecule has 5 N–H and O–H groups in total. The van der Waals surface area contributed by atoms with E-state index in [9.17, 15) is 51.3 Å². The van der Waals surface area contributed by atoms with E-state index in [0.29, 0.717) is 16.6 Å². The van der Waals surface area contributed by atoms with Gasteiger partial charge in [0.25, 0.3) is 15.8 Å². The number of Topliss-reactive ketones (excluding diaryl/α,β-unsaturated/α-hetero) is 1. The van der Waals surface area contributed by atoms with Crippen molar-refractivity contribution in [2.45, 2.75) is 0 Å². The van der Waals surface area contributed by atoms with Gasteiger partial charge in [-0.1, -0.05) is 78.9 Å². The number of nitrogens with one attached hydrogen (secondary N) is 2. The van der Waals surface area contributed by atoms with E-state index in [-0.39, 0.29) is 132 Å². The Morgan fingerprint density at radius 3 is 2.03 bits per heavy atom. The summed E-state index contributed by atoms with van der Waals surface area (Å²) in [4.78, 5) is 34.6. The zero-order chi connectivity index (χ0) is 39.9. The number of nitrogens with zero attached hydrogens (tertiary/aromatic N) is 3. The molecule has 0 radical (unpaired) electrons. The summed E-state index contributed by atoms with van der Waals surface area (Å²) in [5.41, 5.74) is 5.68. The quantitative estimate of drug-likeness (QED) is 0.0461. The van der Waals surface area contributed by atoms with E-state index in [4.69, 9.17) is 4.74 Å². The van der Waals surface area contributed by atoms with E-state index in [0.717, 1.165) is 23.6 Å². The van der Waals surface area contributed by atoms with E-state index in [1.807, 2.05) is 18.2 Å². The summed E-state index contributed by atoms with van der Waals surface area (Å²) in [7, 11) is -8.46. The molecular formula is C37H25CrN5Na2O12S2+2. The van der Waals surface area contributed by atoms with Crippen molar-refractivity contribution in [1.82, 2.24) is 0 Å². The number of carbonyl (C=O) groups excluding carboxylic acids is 2. The Balaban J connectivity index is 0.000000248. The molecule has 288 valence electrons. The molecule has 59 heavy (non-hydrogen) atoms. The average Bonchev–Trinajstić information content (AvgIpc) is 3.49. The number of aromatic hydroxyl groups is 2. The molecule has 5 aromatic rings. The van der Waals surface area contributed by atoms with Crippen LogP contribution in [0.25, 0.3) is 21.4 Å². The van der Waals surface area contributed by atoms with E-state index in [2.05, 4.69) is 21.1 Å². The number of ether oxygens (including phenoxy) is 1.